The molecule has 0 saturated heterocycles. The van der Waals surface area contributed by atoms with Crippen LogP contribution in [0, 0.1) is 27.7 Å². The molecule has 2 aromatic heterocycles. The molecule has 0 aliphatic carbocycles. The van der Waals surface area contributed by atoms with Crippen LogP contribution in [0.3, 0.4) is 0 Å². The molecule has 0 atom stereocenters. The summed E-state index contributed by atoms with van der Waals surface area (Å²) >= 11 is 0. The van der Waals surface area contributed by atoms with Gasteiger partial charge in [0.15, 0.2) is 0 Å². The van der Waals surface area contributed by atoms with Gasteiger partial charge in [0.1, 0.15) is 22.3 Å². The number of hydrogen-bond acceptors (Lipinski definition) is 4. The maximum Gasteiger partial charge on any atom is 0.136 e. The van der Waals surface area contributed by atoms with E-state index in [1.807, 2.05) is 0 Å². The normalized spacial score (nSPS) is 11.9. The highest BCUT2D eigenvalue weighted by Crippen LogP contribution is 2.42. The van der Waals surface area contributed by atoms with Crippen LogP contribution in [0.4, 0.5) is 34.1 Å². The lowest BCUT2D eigenvalue weighted by molar-refractivity contribution is 0.669. The number of nitrogens with zero attached hydrogens (tertiary/aromatic N) is 2. The second-order valence-electron chi connectivity index (χ2n) is 17.0. The molecular weight excluding hydrogens is 757 g/mol. The molecule has 12 rings (SSSR count). The fraction of sp³-hybridized carbons (Fsp3) is 0.0690. The zero-order valence-electron chi connectivity index (χ0n) is 35.0. The van der Waals surface area contributed by atoms with Gasteiger partial charge >= 0.3 is 0 Å². The summed E-state index contributed by atoms with van der Waals surface area (Å²) in [6.07, 6.45) is 0. The number of hydrogen-bond donors (Lipinski definition) is 0. The summed E-state index contributed by atoms with van der Waals surface area (Å²) < 4.78 is 13.3. The Labute approximate surface area is 359 Å². The monoisotopic (exact) mass is 798 g/mol. The largest absolute Gasteiger partial charge is 0.456 e. The summed E-state index contributed by atoms with van der Waals surface area (Å²) in [5.41, 5.74) is 15.1. The lowest BCUT2D eigenvalue weighted by Crippen LogP contribution is -2.09. The van der Waals surface area contributed by atoms with Crippen LogP contribution in [-0.2, 0) is 0 Å². The average Bonchev–Trinajstić information content (AvgIpc) is 3.81. The SMILES string of the molecule is Cc1ccc(N(c2ccc(C)cc2)c2ccc3cc4c(cc3c2)oc2cc3cc5oc6cc7cc(N(c8ccc(C)cc8)c8ccc(C)cc8)ccc7cc6c5cc3cc24)cc1. The van der Waals surface area contributed by atoms with E-state index in [2.05, 4.69) is 219 Å². The Morgan fingerprint density at radius 2 is 0.484 bits per heavy atom. The van der Waals surface area contributed by atoms with Crippen LogP contribution < -0.4 is 9.80 Å². The van der Waals surface area contributed by atoms with Crippen LogP contribution in [0.25, 0.3) is 76.2 Å². The molecule has 4 heteroatoms. The van der Waals surface area contributed by atoms with Crippen molar-refractivity contribution in [2.45, 2.75) is 27.7 Å². The molecular formula is C58H42N2O2. The van der Waals surface area contributed by atoms with Gasteiger partial charge < -0.3 is 18.6 Å². The molecule has 0 aliphatic heterocycles. The van der Waals surface area contributed by atoms with Gasteiger partial charge in [-0.15, -0.1) is 0 Å². The maximum atomic E-state index is 6.65. The highest BCUT2D eigenvalue weighted by Gasteiger charge is 2.18. The molecule has 0 unspecified atom stereocenters. The minimum Gasteiger partial charge on any atom is -0.456 e. The smallest absolute Gasteiger partial charge is 0.136 e. The summed E-state index contributed by atoms with van der Waals surface area (Å²) in [7, 11) is 0. The number of anilines is 6. The molecule has 4 nitrogen and oxygen atoms in total. The number of rotatable bonds is 6. The Balaban J connectivity index is 0.939. The molecule has 0 radical (unpaired) electrons. The Kier molecular flexibility index (Phi) is 8.07. The third-order valence-corrected chi connectivity index (χ3v) is 12.6. The molecule has 0 saturated carbocycles. The molecule has 0 N–H and O–H groups in total. The minimum atomic E-state index is 0.865. The fourth-order valence-electron chi connectivity index (χ4n) is 9.20. The van der Waals surface area contributed by atoms with Crippen molar-refractivity contribution in [2.75, 3.05) is 9.80 Å². The number of furan rings is 2. The summed E-state index contributed by atoms with van der Waals surface area (Å²) in [5, 5.41) is 11.3. The van der Waals surface area contributed by atoms with Crippen molar-refractivity contribution in [3.8, 4) is 0 Å². The standard InChI is InChI=1S/C58H42N2O2/c1-35-5-15-45(16-6-35)59(46-17-7-36(2)8-18-46)49-23-13-39-27-51-53-29-43-30-54-52-28-40-14-24-50(60(47-19-9-37(3)10-20-47)48-21-11-38(4)12-22-48)26-42(40)32-56(52)62-58(54)34-44(43)33-57(53)61-55(51)31-41(39)25-49/h5-34H,1-4H3. The van der Waals surface area contributed by atoms with Crippen LogP contribution >= 0.6 is 0 Å². The number of benzene rings is 10. The Bertz CT molecular complexity index is 3370. The van der Waals surface area contributed by atoms with Gasteiger partial charge in [-0.2, -0.15) is 0 Å². The predicted octanol–water partition coefficient (Wildman–Crippen LogP) is 17.1. The number of aryl methyl sites for hydroxylation is 4. The van der Waals surface area contributed by atoms with Crippen molar-refractivity contribution >= 4 is 110 Å². The van der Waals surface area contributed by atoms with Crippen LogP contribution in [0.15, 0.2) is 191 Å². The van der Waals surface area contributed by atoms with E-state index in [0.29, 0.717) is 0 Å². The Morgan fingerprint density at radius 1 is 0.242 bits per heavy atom. The molecule has 0 bridgehead atoms. The first-order chi connectivity index (χ1) is 30.3. The van der Waals surface area contributed by atoms with Gasteiger partial charge in [-0.05, 0) is 181 Å². The lowest BCUT2D eigenvalue weighted by atomic mass is 10.0. The van der Waals surface area contributed by atoms with E-state index in [-0.39, 0.29) is 0 Å². The lowest BCUT2D eigenvalue weighted by Gasteiger charge is -2.26. The molecule has 0 aliphatic rings. The van der Waals surface area contributed by atoms with E-state index in [0.717, 1.165) is 99.5 Å². The molecule has 10 aromatic carbocycles. The zero-order chi connectivity index (χ0) is 41.6. The summed E-state index contributed by atoms with van der Waals surface area (Å²) in [6, 6.07) is 66.2. The number of fused-ring (bicyclic) bond motifs is 9. The Morgan fingerprint density at radius 3 is 0.790 bits per heavy atom. The van der Waals surface area contributed by atoms with Gasteiger partial charge in [-0.1, -0.05) is 82.9 Å². The van der Waals surface area contributed by atoms with E-state index in [1.165, 1.54) is 33.0 Å². The quantitative estimate of drug-likeness (QED) is 0.168. The van der Waals surface area contributed by atoms with E-state index in [9.17, 15) is 0 Å². The maximum absolute atomic E-state index is 6.65. The summed E-state index contributed by atoms with van der Waals surface area (Å²) in [5.74, 6) is 0. The third kappa shape index (κ3) is 6.06. The fourth-order valence-corrected chi connectivity index (χ4v) is 9.20. The van der Waals surface area contributed by atoms with Crippen molar-refractivity contribution in [3.63, 3.8) is 0 Å². The van der Waals surface area contributed by atoms with Gasteiger partial charge in [0.05, 0.1) is 0 Å². The van der Waals surface area contributed by atoms with Crippen molar-refractivity contribution in [3.05, 3.63) is 204 Å². The molecule has 62 heavy (non-hydrogen) atoms. The van der Waals surface area contributed by atoms with E-state index >= 15 is 0 Å². The Hall–Kier alpha value is -7.82. The first-order valence-corrected chi connectivity index (χ1v) is 21.3. The zero-order valence-corrected chi connectivity index (χ0v) is 35.0. The first-order valence-electron chi connectivity index (χ1n) is 21.3. The van der Waals surface area contributed by atoms with E-state index < -0.39 is 0 Å². The second-order valence-corrected chi connectivity index (χ2v) is 17.0. The van der Waals surface area contributed by atoms with Crippen molar-refractivity contribution in [2.24, 2.45) is 0 Å². The van der Waals surface area contributed by atoms with Crippen LogP contribution in [0.2, 0.25) is 0 Å². The van der Waals surface area contributed by atoms with Gasteiger partial charge in [0, 0.05) is 55.7 Å². The minimum absolute atomic E-state index is 0.865. The van der Waals surface area contributed by atoms with Gasteiger partial charge in [0.25, 0.3) is 0 Å². The van der Waals surface area contributed by atoms with Gasteiger partial charge in [-0.3, -0.25) is 0 Å². The van der Waals surface area contributed by atoms with Crippen molar-refractivity contribution in [1.82, 2.24) is 0 Å². The van der Waals surface area contributed by atoms with Gasteiger partial charge in [-0.25, -0.2) is 0 Å². The van der Waals surface area contributed by atoms with Crippen molar-refractivity contribution in [1.29, 1.82) is 0 Å². The van der Waals surface area contributed by atoms with E-state index in [1.54, 1.807) is 0 Å². The summed E-state index contributed by atoms with van der Waals surface area (Å²) in [6.45, 7) is 8.51. The first kappa shape index (κ1) is 36.1. The molecule has 0 fully saturated rings. The van der Waals surface area contributed by atoms with Crippen LogP contribution in [0.1, 0.15) is 22.3 Å². The predicted molar refractivity (Wildman–Crippen MR) is 262 cm³/mol. The topological polar surface area (TPSA) is 32.8 Å². The highest BCUT2D eigenvalue weighted by molar-refractivity contribution is 6.18. The molecule has 12 aromatic rings. The molecule has 2 heterocycles. The van der Waals surface area contributed by atoms with Gasteiger partial charge in [0.2, 0.25) is 0 Å². The van der Waals surface area contributed by atoms with E-state index in [4.69, 9.17) is 8.83 Å². The van der Waals surface area contributed by atoms with Crippen LogP contribution in [0.5, 0.6) is 0 Å². The van der Waals surface area contributed by atoms with Crippen molar-refractivity contribution < 1.29 is 8.83 Å². The average molecular weight is 799 g/mol. The highest BCUT2D eigenvalue weighted by atomic mass is 16.3. The molecule has 0 amide bonds. The summed E-state index contributed by atoms with van der Waals surface area (Å²) in [4.78, 5) is 4.64. The molecule has 0 spiro atoms. The third-order valence-electron chi connectivity index (χ3n) is 12.6. The molecule has 296 valence electrons. The second kappa shape index (κ2) is 13.9. The van der Waals surface area contributed by atoms with Crippen LogP contribution in [-0.4, -0.2) is 0 Å².